The van der Waals surface area contributed by atoms with Crippen LogP contribution < -0.4 is 0 Å². The van der Waals surface area contributed by atoms with Gasteiger partial charge in [0.15, 0.2) is 0 Å². The number of rotatable bonds is 7. The predicted molar refractivity (Wildman–Crippen MR) is 77.8 cm³/mol. The molecule has 1 aromatic heterocycles. The lowest BCUT2D eigenvalue weighted by molar-refractivity contribution is 0.179. The van der Waals surface area contributed by atoms with Crippen molar-refractivity contribution < 1.29 is 13.2 Å². The van der Waals surface area contributed by atoms with Crippen LogP contribution in [-0.4, -0.2) is 44.5 Å². The van der Waals surface area contributed by atoms with Gasteiger partial charge in [-0.2, -0.15) is 9.57 Å². The number of halogens is 2. The number of sulfonamides is 1. The van der Waals surface area contributed by atoms with Gasteiger partial charge in [0.25, 0.3) is 0 Å². The van der Waals surface area contributed by atoms with Crippen molar-refractivity contribution in [1.29, 1.82) is 5.26 Å². The van der Waals surface area contributed by atoms with E-state index in [4.69, 9.17) is 21.6 Å². The first-order valence-corrected chi connectivity index (χ1v) is 8.21. The summed E-state index contributed by atoms with van der Waals surface area (Å²) >= 11 is 9.02. The van der Waals surface area contributed by atoms with Gasteiger partial charge in [0.05, 0.1) is 12.7 Å². The van der Waals surface area contributed by atoms with Crippen molar-refractivity contribution in [3.05, 3.63) is 21.9 Å². The molecule has 0 aliphatic carbocycles. The first kappa shape index (κ1) is 17.3. The molecule has 6 nitrogen and oxygen atoms in total. The highest BCUT2D eigenvalue weighted by molar-refractivity contribution is 9.10. The minimum Gasteiger partial charge on any atom is -0.383 e. The largest absolute Gasteiger partial charge is 0.383 e. The molecule has 0 spiro atoms. The van der Waals surface area contributed by atoms with Gasteiger partial charge in [-0.25, -0.2) is 13.4 Å². The highest BCUT2D eigenvalue weighted by atomic mass is 79.9. The van der Waals surface area contributed by atoms with Crippen LogP contribution in [0.1, 0.15) is 6.42 Å². The molecule has 0 aliphatic heterocycles. The van der Waals surface area contributed by atoms with Crippen molar-refractivity contribution in [2.45, 2.75) is 11.3 Å². The summed E-state index contributed by atoms with van der Waals surface area (Å²) in [6.45, 7) is 0.443. The molecule has 1 aromatic rings. The summed E-state index contributed by atoms with van der Waals surface area (Å²) < 4.78 is 31.6. The number of ether oxygens (including phenoxy) is 1. The Kier molecular flexibility index (Phi) is 6.85. The Bertz CT molecular complexity index is 603. The summed E-state index contributed by atoms with van der Waals surface area (Å²) in [7, 11) is -2.35. The fourth-order valence-electron chi connectivity index (χ4n) is 1.44. The van der Waals surface area contributed by atoms with E-state index in [2.05, 4.69) is 20.9 Å². The molecule has 0 N–H and O–H groups in total. The van der Waals surface area contributed by atoms with E-state index in [-0.39, 0.29) is 36.2 Å². The third kappa shape index (κ3) is 4.40. The zero-order valence-electron chi connectivity index (χ0n) is 10.7. The van der Waals surface area contributed by atoms with Gasteiger partial charge in [0.1, 0.15) is 10.0 Å². The molecule has 0 aromatic carbocycles. The molecule has 0 saturated heterocycles. The van der Waals surface area contributed by atoms with Gasteiger partial charge in [-0.15, -0.1) is 0 Å². The molecule has 1 rings (SSSR count). The van der Waals surface area contributed by atoms with Gasteiger partial charge < -0.3 is 4.74 Å². The molecule has 0 fully saturated rings. The molecule has 20 heavy (non-hydrogen) atoms. The van der Waals surface area contributed by atoms with Crippen LogP contribution in [0, 0.1) is 11.3 Å². The average molecular weight is 383 g/mol. The number of hydrogen-bond donors (Lipinski definition) is 0. The quantitative estimate of drug-likeness (QED) is 0.674. The van der Waals surface area contributed by atoms with E-state index in [0.717, 1.165) is 4.31 Å². The second-order valence-corrected chi connectivity index (χ2v) is 6.93. The number of nitrogens with zero attached hydrogens (tertiary/aromatic N) is 3. The molecule has 0 aliphatic rings. The van der Waals surface area contributed by atoms with Crippen LogP contribution >= 0.6 is 27.5 Å². The van der Waals surface area contributed by atoms with Crippen molar-refractivity contribution in [2.24, 2.45) is 0 Å². The van der Waals surface area contributed by atoms with Crippen molar-refractivity contribution in [2.75, 3.05) is 26.8 Å². The SMILES string of the molecule is COCCN(CCC#N)S(=O)(=O)c1cc(Br)cnc1Cl. The standard InChI is InChI=1S/C11H13BrClN3O3S/c1-19-6-5-16(4-2-3-14)20(17,18)10-7-9(12)8-15-11(10)13/h7-8H,2,4-6H2,1H3. The van der Waals surface area contributed by atoms with Crippen LogP contribution in [0.2, 0.25) is 5.15 Å². The van der Waals surface area contributed by atoms with Gasteiger partial charge in [-0.1, -0.05) is 11.6 Å². The maximum atomic E-state index is 12.5. The van der Waals surface area contributed by atoms with Gasteiger partial charge >= 0.3 is 0 Å². The van der Waals surface area contributed by atoms with E-state index >= 15 is 0 Å². The fourth-order valence-corrected chi connectivity index (χ4v) is 3.79. The van der Waals surface area contributed by atoms with Crippen LogP contribution in [0.5, 0.6) is 0 Å². The number of pyridine rings is 1. The maximum absolute atomic E-state index is 12.5. The monoisotopic (exact) mass is 381 g/mol. The minimum atomic E-state index is -3.82. The first-order chi connectivity index (χ1) is 9.43. The molecule has 9 heteroatoms. The van der Waals surface area contributed by atoms with Crippen LogP contribution in [0.4, 0.5) is 0 Å². The highest BCUT2D eigenvalue weighted by Crippen LogP contribution is 2.25. The zero-order valence-corrected chi connectivity index (χ0v) is 13.9. The lowest BCUT2D eigenvalue weighted by atomic mass is 10.4. The number of methoxy groups -OCH3 is 1. The molecule has 0 atom stereocenters. The van der Waals surface area contributed by atoms with Crippen molar-refractivity contribution in [3.8, 4) is 6.07 Å². The molecule has 0 saturated carbocycles. The van der Waals surface area contributed by atoms with Crippen LogP contribution in [0.3, 0.4) is 0 Å². The maximum Gasteiger partial charge on any atom is 0.246 e. The van der Waals surface area contributed by atoms with Crippen LogP contribution in [0.25, 0.3) is 0 Å². The lowest BCUT2D eigenvalue weighted by Crippen LogP contribution is -2.35. The Morgan fingerprint density at radius 2 is 2.25 bits per heavy atom. The molecular weight excluding hydrogens is 370 g/mol. The van der Waals surface area contributed by atoms with E-state index in [1.165, 1.54) is 19.4 Å². The number of hydrogen-bond acceptors (Lipinski definition) is 5. The molecule has 110 valence electrons. The smallest absolute Gasteiger partial charge is 0.246 e. The van der Waals surface area contributed by atoms with Gasteiger partial charge in [0.2, 0.25) is 10.0 Å². The average Bonchev–Trinajstić information content (AvgIpc) is 2.41. The third-order valence-electron chi connectivity index (χ3n) is 2.41. The number of nitriles is 1. The molecular formula is C11H13BrClN3O3S. The summed E-state index contributed by atoms with van der Waals surface area (Å²) in [6, 6.07) is 3.31. The van der Waals surface area contributed by atoms with Gasteiger partial charge in [0, 0.05) is 37.3 Å². The minimum absolute atomic E-state index is 0.0744. The van der Waals surface area contributed by atoms with Crippen LogP contribution in [0.15, 0.2) is 21.6 Å². The zero-order chi connectivity index (χ0) is 15.2. The topological polar surface area (TPSA) is 83.3 Å². The van der Waals surface area contributed by atoms with E-state index in [1.807, 2.05) is 6.07 Å². The second kappa shape index (κ2) is 7.90. The Morgan fingerprint density at radius 3 is 2.85 bits per heavy atom. The predicted octanol–water partition coefficient (Wildman–Crippen LogP) is 2.05. The summed E-state index contributed by atoms with van der Waals surface area (Å²) in [5.74, 6) is 0. The van der Waals surface area contributed by atoms with Gasteiger partial charge in [-0.05, 0) is 22.0 Å². The molecule has 0 bridgehead atoms. The first-order valence-electron chi connectivity index (χ1n) is 5.60. The Hall–Kier alpha value is -0.720. The Balaban J connectivity index is 3.14. The van der Waals surface area contributed by atoms with Crippen LogP contribution in [-0.2, 0) is 14.8 Å². The third-order valence-corrected chi connectivity index (χ3v) is 5.17. The summed E-state index contributed by atoms with van der Waals surface area (Å²) in [5, 5.41) is 8.52. The highest BCUT2D eigenvalue weighted by Gasteiger charge is 2.27. The fraction of sp³-hybridized carbons (Fsp3) is 0.455. The van der Waals surface area contributed by atoms with E-state index in [9.17, 15) is 8.42 Å². The summed E-state index contributed by atoms with van der Waals surface area (Å²) in [4.78, 5) is 3.71. The van der Waals surface area contributed by atoms with Crippen molar-refractivity contribution in [1.82, 2.24) is 9.29 Å². The molecule has 1 heterocycles. The van der Waals surface area contributed by atoms with Crippen molar-refractivity contribution >= 4 is 37.6 Å². The Morgan fingerprint density at radius 1 is 1.55 bits per heavy atom. The van der Waals surface area contributed by atoms with E-state index < -0.39 is 10.0 Å². The van der Waals surface area contributed by atoms with E-state index in [0.29, 0.717) is 4.47 Å². The summed E-state index contributed by atoms with van der Waals surface area (Å²) in [5.41, 5.74) is 0. The van der Waals surface area contributed by atoms with Crippen molar-refractivity contribution in [3.63, 3.8) is 0 Å². The normalized spacial score (nSPS) is 11.6. The molecule has 0 radical (unpaired) electrons. The van der Waals surface area contributed by atoms with E-state index in [1.54, 1.807) is 0 Å². The lowest BCUT2D eigenvalue weighted by Gasteiger charge is -2.21. The summed E-state index contributed by atoms with van der Waals surface area (Å²) in [6.07, 6.45) is 1.50. The Labute approximate surface area is 131 Å². The molecule has 0 unspecified atom stereocenters. The number of aromatic nitrogens is 1. The molecule has 0 amide bonds. The second-order valence-electron chi connectivity index (χ2n) is 3.75. The van der Waals surface area contributed by atoms with Gasteiger partial charge in [-0.3, -0.25) is 0 Å².